The van der Waals surface area contributed by atoms with Crippen LogP contribution < -0.4 is 10.1 Å². The Balaban J connectivity index is 1.79. The highest BCUT2D eigenvalue weighted by Gasteiger charge is 2.03. The first-order valence-electron chi connectivity index (χ1n) is 5.85. The van der Waals surface area contributed by atoms with Crippen molar-refractivity contribution in [3.8, 4) is 5.75 Å². The summed E-state index contributed by atoms with van der Waals surface area (Å²) in [6, 6.07) is 8.29. The van der Waals surface area contributed by atoms with E-state index in [1.807, 2.05) is 19.3 Å². The van der Waals surface area contributed by atoms with Crippen LogP contribution in [0, 0.1) is 0 Å². The molecule has 0 atom stereocenters. The molecule has 0 radical (unpaired) electrons. The van der Waals surface area contributed by atoms with Crippen molar-refractivity contribution in [1.29, 1.82) is 0 Å². The lowest BCUT2D eigenvalue weighted by molar-refractivity contribution is 0.0696. The van der Waals surface area contributed by atoms with Crippen molar-refractivity contribution in [2.75, 3.05) is 18.5 Å². The zero-order valence-corrected chi connectivity index (χ0v) is 10.5. The molecular formula is C13H15N3O3. The van der Waals surface area contributed by atoms with Crippen molar-refractivity contribution < 1.29 is 14.6 Å². The van der Waals surface area contributed by atoms with Crippen LogP contribution in [0.5, 0.6) is 5.75 Å². The van der Waals surface area contributed by atoms with E-state index in [1.54, 1.807) is 16.8 Å². The van der Waals surface area contributed by atoms with Gasteiger partial charge in [0.2, 0.25) is 0 Å². The summed E-state index contributed by atoms with van der Waals surface area (Å²) in [6.07, 6.45) is 1.85. The van der Waals surface area contributed by atoms with Crippen LogP contribution in [-0.2, 0) is 7.05 Å². The number of aromatic carboxylic acids is 1. The number of nitrogens with one attached hydrogen (secondary N) is 1. The van der Waals surface area contributed by atoms with Gasteiger partial charge in [-0.15, -0.1) is 0 Å². The number of carboxylic acids is 1. The molecule has 0 aliphatic carbocycles. The summed E-state index contributed by atoms with van der Waals surface area (Å²) in [7, 11) is 1.85. The Bertz CT molecular complexity index is 566. The summed E-state index contributed by atoms with van der Waals surface area (Å²) < 4.78 is 7.17. The Labute approximate surface area is 110 Å². The molecule has 2 aromatic rings. The lowest BCUT2D eigenvalue weighted by Crippen LogP contribution is -2.12. The van der Waals surface area contributed by atoms with Crippen LogP contribution in [0.1, 0.15) is 10.4 Å². The van der Waals surface area contributed by atoms with Crippen molar-refractivity contribution in [2.45, 2.75) is 0 Å². The van der Waals surface area contributed by atoms with Gasteiger partial charge in [-0.2, -0.15) is 5.10 Å². The molecule has 1 aromatic carbocycles. The maximum atomic E-state index is 10.8. The maximum Gasteiger partial charge on any atom is 0.335 e. The molecule has 0 saturated carbocycles. The Morgan fingerprint density at radius 3 is 3.00 bits per heavy atom. The highest BCUT2D eigenvalue weighted by molar-refractivity contribution is 5.87. The number of aryl methyl sites for hydroxylation is 1. The van der Waals surface area contributed by atoms with E-state index in [9.17, 15) is 4.79 Å². The van der Waals surface area contributed by atoms with Crippen molar-refractivity contribution in [3.05, 3.63) is 42.1 Å². The van der Waals surface area contributed by atoms with E-state index in [4.69, 9.17) is 9.84 Å². The summed E-state index contributed by atoms with van der Waals surface area (Å²) in [5, 5.41) is 16.1. The quantitative estimate of drug-likeness (QED) is 0.772. The molecule has 6 heteroatoms. The van der Waals surface area contributed by atoms with E-state index in [0.29, 0.717) is 18.9 Å². The number of anilines is 1. The van der Waals surface area contributed by atoms with Gasteiger partial charge in [0.1, 0.15) is 18.2 Å². The van der Waals surface area contributed by atoms with E-state index in [2.05, 4.69) is 10.4 Å². The summed E-state index contributed by atoms with van der Waals surface area (Å²) in [6.45, 7) is 1.02. The number of hydrogen-bond acceptors (Lipinski definition) is 4. The van der Waals surface area contributed by atoms with Crippen LogP contribution in [0.2, 0.25) is 0 Å². The standard InChI is InChI=1S/C13H15N3O3/c1-16-7-5-12(15-16)14-6-8-19-11-4-2-3-10(9-11)13(17)18/h2-5,7,9H,6,8H2,1H3,(H,14,15)(H,17,18). The van der Waals surface area contributed by atoms with Gasteiger partial charge in [0, 0.05) is 19.3 Å². The number of carboxylic acid groups (broad SMARTS) is 1. The third kappa shape index (κ3) is 3.74. The number of rotatable bonds is 6. The fourth-order valence-electron chi connectivity index (χ4n) is 1.58. The first kappa shape index (κ1) is 12.9. The van der Waals surface area contributed by atoms with Crippen molar-refractivity contribution in [2.24, 2.45) is 7.05 Å². The number of hydrogen-bond donors (Lipinski definition) is 2. The average Bonchev–Trinajstić information content (AvgIpc) is 2.81. The SMILES string of the molecule is Cn1ccc(NCCOc2cccc(C(=O)O)c2)n1. The predicted octanol–water partition coefficient (Wildman–Crippen LogP) is 1.61. The zero-order valence-electron chi connectivity index (χ0n) is 10.5. The number of nitrogens with zero attached hydrogens (tertiary/aromatic N) is 2. The Kier molecular flexibility index (Phi) is 4.02. The molecule has 0 spiro atoms. The minimum absolute atomic E-state index is 0.218. The minimum Gasteiger partial charge on any atom is -0.492 e. The summed E-state index contributed by atoms with van der Waals surface area (Å²) >= 11 is 0. The molecule has 1 aromatic heterocycles. The van der Waals surface area contributed by atoms with Gasteiger partial charge in [0.05, 0.1) is 12.1 Å². The molecular weight excluding hydrogens is 246 g/mol. The fraction of sp³-hybridized carbons (Fsp3) is 0.231. The van der Waals surface area contributed by atoms with Gasteiger partial charge >= 0.3 is 5.97 Å². The monoisotopic (exact) mass is 261 g/mol. The average molecular weight is 261 g/mol. The molecule has 0 aliphatic rings. The molecule has 6 nitrogen and oxygen atoms in total. The Hall–Kier alpha value is -2.50. The molecule has 100 valence electrons. The third-order valence-corrected chi connectivity index (χ3v) is 2.47. The molecule has 0 saturated heterocycles. The molecule has 0 unspecified atom stereocenters. The van der Waals surface area contributed by atoms with Gasteiger partial charge in [-0.05, 0) is 18.2 Å². The van der Waals surface area contributed by atoms with Gasteiger partial charge in [0.25, 0.3) is 0 Å². The van der Waals surface area contributed by atoms with E-state index in [-0.39, 0.29) is 5.56 Å². The normalized spacial score (nSPS) is 10.2. The smallest absolute Gasteiger partial charge is 0.335 e. The van der Waals surface area contributed by atoms with Crippen LogP contribution in [-0.4, -0.2) is 34.0 Å². The molecule has 1 heterocycles. The minimum atomic E-state index is -0.961. The van der Waals surface area contributed by atoms with Gasteiger partial charge in [-0.1, -0.05) is 6.07 Å². The molecule has 2 N–H and O–H groups in total. The van der Waals surface area contributed by atoms with Crippen LogP contribution in [0.25, 0.3) is 0 Å². The zero-order chi connectivity index (χ0) is 13.7. The van der Waals surface area contributed by atoms with E-state index in [1.165, 1.54) is 12.1 Å². The molecule has 0 aliphatic heterocycles. The predicted molar refractivity (Wildman–Crippen MR) is 70.6 cm³/mol. The van der Waals surface area contributed by atoms with Gasteiger partial charge in [0.15, 0.2) is 0 Å². The Morgan fingerprint density at radius 2 is 2.32 bits per heavy atom. The van der Waals surface area contributed by atoms with Crippen molar-refractivity contribution in [1.82, 2.24) is 9.78 Å². The van der Waals surface area contributed by atoms with E-state index < -0.39 is 5.97 Å². The number of carbonyl (C=O) groups is 1. The van der Waals surface area contributed by atoms with Crippen molar-refractivity contribution in [3.63, 3.8) is 0 Å². The van der Waals surface area contributed by atoms with Gasteiger partial charge in [-0.25, -0.2) is 4.79 Å². The second-order valence-electron chi connectivity index (χ2n) is 3.98. The maximum absolute atomic E-state index is 10.8. The van der Waals surface area contributed by atoms with E-state index in [0.717, 1.165) is 5.82 Å². The molecule has 0 bridgehead atoms. The van der Waals surface area contributed by atoms with Crippen molar-refractivity contribution >= 4 is 11.8 Å². The molecule has 0 amide bonds. The second-order valence-corrected chi connectivity index (χ2v) is 3.98. The first-order valence-corrected chi connectivity index (χ1v) is 5.85. The molecule has 0 fully saturated rings. The highest BCUT2D eigenvalue weighted by Crippen LogP contribution is 2.13. The number of benzene rings is 1. The number of aromatic nitrogens is 2. The largest absolute Gasteiger partial charge is 0.492 e. The second kappa shape index (κ2) is 5.90. The summed E-state index contributed by atoms with van der Waals surface area (Å²) in [5.41, 5.74) is 0.218. The lowest BCUT2D eigenvalue weighted by atomic mass is 10.2. The van der Waals surface area contributed by atoms with Crippen LogP contribution >= 0.6 is 0 Å². The van der Waals surface area contributed by atoms with Crippen LogP contribution in [0.4, 0.5) is 5.82 Å². The Morgan fingerprint density at radius 1 is 1.47 bits per heavy atom. The van der Waals surface area contributed by atoms with Crippen LogP contribution in [0.3, 0.4) is 0 Å². The molecule has 19 heavy (non-hydrogen) atoms. The van der Waals surface area contributed by atoms with E-state index >= 15 is 0 Å². The summed E-state index contributed by atoms with van der Waals surface area (Å²) in [4.78, 5) is 10.8. The topological polar surface area (TPSA) is 76.4 Å². The van der Waals surface area contributed by atoms with Gasteiger partial charge in [-0.3, -0.25) is 4.68 Å². The van der Waals surface area contributed by atoms with Gasteiger partial charge < -0.3 is 15.2 Å². The summed E-state index contributed by atoms with van der Waals surface area (Å²) in [5.74, 6) is 0.366. The fourth-order valence-corrected chi connectivity index (χ4v) is 1.58. The third-order valence-electron chi connectivity index (χ3n) is 2.47. The molecule has 2 rings (SSSR count). The number of ether oxygens (including phenoxy) is 1. The lowest BCUT2D eigenvalue weighted by Gasteiger charge is -2.07. The highest BCUT2D eigenvalue weighted by atomic mass is 16.5. The van der Waals surface area contributed by atoms with Crippen LogP contribution in [0.15, 0.2) is 36.5 Å². The first-order chi connectivity index (χ1) is 9.15.